The lowest BCUT2D eigenvalue weighted by Crippen LogP contribution is -2.37. The number of nitrogens with one attached hydrogen (secondary N) is 2. The average Bonchev–Trinajstić information content (AvgIpc) is 2.57. The van der Waals surface area contributed by atoms with Gasteiger partial charge < -0.3 is 10.6 Å². The molecule has 0 radical (unpaired) electrons. The van der Waals surface area contributed by atoms with Gasteiger partial charge in [0, 0.05) is 0 Å². The summed E-state index contributed by atoms with van der Waals surface area (Å²) in [5.41, 5.74) is -0.831. The van der Waals surface area contributed by atoms with E-state index < -0.39 is 23.4 Å². The molecule has 7 heteroatoms. The Balaban J connectivity index is 2.16. The van der Waals surface area contributed by atoms with Gasteiger partial charge in [-0.3, -0.25) is 4.90 Å². The Morgan fingerprint density at radius 3 is 2.47 bits per heavy atom. The van der Waals surface area contributed by atoms with E-state index in [1.54, 1.807) is 0 Å². The van der Waals surface area contributed by atoms with Crippen LogP contribution in [0.5, 0.6) is 0 Å². The largest absolute Gasteiger partial charge is 0.355 e. The number of para-hydroxylation sites is 1. The second-order valence-corrected chi connectivity index (χ2v) is 5.31. The van der Waals surface area contributed by atoms with Crippen molar-refractivity contribution < 1.29 is 13.6 Å². The maximum atomic E-state index is 13.4. The highest BCUT2D eigenvalue weighted by Gasteiger charge is 2.36. The number of amides is 2. The number of anilines is 1. The quantitative estimate of drug-likeness (QED) is 0.779. The first-order chi connectivity index (χ1) is 8.80. The first-order valence-corrected chi connectivity index (χ1v) is 6.06. The molecule has 102 valence electrons. The standard InChI is InChI=1S/C12H13F2N3OS/c1-12(2)6-17(11(19)16-12)10(18)15-9-7(13)4-3-5-8(9)14/h3-5H,6H2,1-2H3,(H,15,18)(H,16,19). The van der Waals surface area contributed by atoms with Crippen LogP contribution in [0.4, 0.5) is 19.3 Å². The number of hydrogen-bond acceptors (Lipinski definition) is 2. The van der Waals surface area contributed by atoms with E-state index in [0.717, 1.165) is 12.1 Å². The Kier molecular flexibility index (Phi) is 3.40. The lowest BCUT2D eigenvalue weighted by Gasteiger charge is -2.18. The summed E-state index contributed by atoms with van der Waals surface area (Å²) in [6, 6.07) is 2.71. The van der Waals surface area contributed by atoms with Crippen LogP contribution in [0.15, 0.2) is 18.2 Å². The van der Waals surface area contributed by atoms with Crippen LogP contribution < -0.4 is 10.6 Å². The number of carbonyl (C=O) groups excluding carboxylic acids is 1. The van der Waals surface area contributed by atoms with Crippen LogP contribution in [-0.4, -0.2) is 28.1 Å². The molecule has 1 fully saturated rings. The van der Waals surface area contributed by atoms with Gasteiger partial charge in [-0.2, -0.15) is 0 Å². The van der Waals surface area contributed by atoms with Gasteiger partial charge in [0.1, 0.15) is 17.3 Å². The minimum atomic E-state index is -0.828. The van der Waals surface area contributed by atoms with E-state index in [1.807, 2.05) is 13.8 Å². The van der Waals surface area contributed by atoms with Crippen molar-refractivity contribution in [2.45, 2.75) is 19.4 Å². The minimum Gasteiger partial charge on any atom is -0.355 e. The number of carbonyl (C=O) groups is 1. The zero-order chi connectivity index (χ0) is 14.2. The number of nitrogens with zero attached hydrogens (tertiary/aromatic N) is 1. The summed E-state index contributed by atoms with van der Waals surface area (Å²) in [5.74, 6) is -1.66. The van der Waals surface area contributed by atoms with Crippen LogP contribution >= 0.6 is 12.2 Å². The van der Waals surface area contributed by atoms with Crippen LogP contribution in [0, 0.1) is 11.6 Å². The summed E-state index contributed by atoms with van der Waals surface area (Å²) in [6.45, 7) is 4.07. The van der Waals surface area contributed by atoms with Gasteiger partial charge >= 0.3 is 6.03 Å². The Morgan fingerprint density at radius 2 is 2.00 bits per heavy atom. The van der Waals surface area contributed by atoms with Gasteiger partial charge in [-0.25, -0.2) is 13.6 Å². The first kappa shape index (κ1) is 13.7. The summed E-state index contributed by atoms with van der Waals surface area (Å²) >= 11 is 5.01. The normalized spacial score (nSPS) is 17.3. The Hall–Kier alpha value is -1.76. The van der Waals surface area contributed by atoms with Gasteiger partial charge in [0.25, 0.3) is 0 Å². The molecule has 2 rings (SSSR count). The molecule has 2 N–H and O–H groups in total. The molecule has 1 aromatic rings. The van der Waals surface area contributed by atoms with Crippen molar-refractivity contribution in [3.05, 3.63) is 29.8 Å². The molecule has 4 nitrogen and oxygen atoms in total. The van der Waals surface area contributed by atoms with E-state index in [9.17, 15) is 13.6 Å². The van der Waals surface area contributed by atoms with Crippen molar-refractivity contribution in [3.63, 3.8) is 0 Å². The fraction of sp³-hybridized carbons (Fsp3) is 0.333. The third-order valence-corrected chi connectivity index (χ3v) is 3.01. The zero-order valence-corrected chi connectivity index (χ0v) is 11.3. The van der Waals surface area contributed by atoms with Gasteiger partial charge in [-0.1, -0.05) is 6.07 Å². The number of benzene rings is 1. The summed E-state index contributed by atoms with van der Waals surface area (Å²) in [6.07, 6.45) is 0. The third kappa shape index (κ3) is 2.81. The highest BCUT2D eigenvalue weighted by Crippen LogP contribution is 2.20. The average molecular weight is 285 g/mol. The predicted molar refractivity (Wildman–Crippen MR) is 71.9 cm³/mol. The minimum absolute atomic E-state index is 0.235. The van der Waals surface area contributed by atoms with Crippen molar-refractivity contribution in [3.8, 4) is 0 Å². The van der Waals surface area contributed by atoms with Crippen molar-refractivity contribution >= 4 is 29.0 Å². The maximum Gasteiger partial charge on any atom is 0.328 e. The molecule has 1 aliphatic rings. The lowest BCUT2D eigenvalue weighted by molar-refractivity contribution is 0.233. The zero-order valence-electron chi connectivity index (χ0n) is 10.5. The van der Waals surface area contributed by atoms with E-state index in [1.165, 1.54) is 11.0 Å². The molecular formula is C12H13F2N3OS. The first-order valence-electron chi connectivity index (χ1n) is 5.65. The maximum absolute atomic E-state index is 13.4. The molecule has 0 aliphatic carbocycles. The topological polar surface area (TPSA) is 44.4 Å². The van der Waals surface area contributed by atoms with Gasteiger partial charge in [0.15, 0.2) is 5.11 Å². The lowest BCUT2D eigenvalue weighted by atomic mass is 10.1. The molecule has 0 aromatic heterocycles. The van der Waals surface area contributed by atoms with Crippen LogP contribution in [0.1, 0.15) is 13.8 Å². The Labute approximate surface area is 114 Å². The fourth-order valence-electron chi connectivity index (χ4n) is 1.82. The molecule has 1 aliphatic heterocycles. The Morgan fingerprint density at radius 1 is 1.42 bits per heavy atom. The summed E-state index contributed by atoms with van der Waals surface area (Å²) in [7, 11) is 0. The highest BCUT2D eigenvalue weighted by atomic mass is 32.1. The number of thiocarbonyl (C=S) groups is 1. The van der Waals surface area contributed by atoms with E-state index in [0.29, 0.717) is 6.54 Å². The van der Waals surface area contributed by atoms with Crippen LogP contribution in [0.25, 0.3) is 0 Å². The van der Waals surface area contributed by atoms with Crippen LogP contribution in [0.3, 0.4) is 0 Å². The van der Waals surface area contributed by atoms with Crippen LogP contribution in [-0.2, 0) is 0 Å². The number of hydrogen-bond donors (Lipinski definition) is 2. The molecule has 1 heterocycles. The number of urea groups is 1. The molecule has 1 aromatic carbocycles. The van der Waals surface area contributed by atoms with Gasteiger partial charge in [0.05, 0.1) is 12.1 Å². The molecule has 19 heavy (non-hydrogen) atoms. The molecule has 0 spiro atoms. The van der Waals surface area contributed by atoms with E-state index in [4.69, 9.17) is 12.2 Å². The summed E-state index contributed by atoms with van der Waals surface area (Å²) in [4.78, 5) is 13.2. The number of halogens is 2. The molecule has 1 saturated heterocycles. The van der Waals surface area contributed by atoms with Crippen molar-refractivity contribution in [2.75, 3.05) is 11.9 Å². The van der Waals surface area contributed by atoms with E-state index >= 15 is 0 Å². The molecule has 0 bridgehead atoms. The third-order valence-electron chi connectivity index (χ3n) is 2.68. The highest BCUT2D eigenvalue weighted by molar-refractivity contribution is 7.80. The monoisotopic (exact) mass is 285 g/mol. The van der Waals surface area contributed by atoms with E-state index in [-0.39, 0.29) is 10.7 Å². The SMILES string of the molecule is CC1(C)CN(C(=O)Nc2c(F)cccc2F)C(=S)N1. The molecular weight excluding hydrogens is 272 g/mol. The van der Waals surface area contributed by atoms with Crippen molar-refractivity contribution in [1.82, 2.24) is 10.2 Å². The van der Waals surface area contributed by atoms with Crippen molar-refractivity contribution in [1.29, 1.82) is 0 Å². The van der Waals surface area contributed by atoms with E-state index in [2.05, 4.69) is 10.6 Å². The Bertz CT molecular complexity index is 528. The second-order valence-electron chi connectivity index (χ2n) is 4.93. The van der Waals surface area contributed by atoms with Gasteiger partial charge in [-0.15, -0.1) is 0 Å². The fourth-order valence-corrected chi connectivity index (χ4v) is 2.24. The van der Waals surface area contributed by atoms with Gasteiger partial charge in [-0.05, 0) is 38.2 Å². The predicted octanol–water partition coefficient (Wildman–Crippen LogP) is 2.47. The molecule has 0 unspecified atom stereocenters. The van der Waals surface area contributed by atoms with Crippen LogP contribution in [0.2, 0.25) is 0 Å². The summed E-state index contributed by atoms with van der Waals surface area (Å²) < 4.78 is 26.9. The molecule has 2 amide bonds. The van der Waals surface area contributed by atoms with Crippen molar-refractivity contribution in [2.24, 2.45) is 0 Å². The molecule has 0 saturated carbocycles. The summed E-state index contributed by atoms with van der Waals surface area (Å²) in [5, 5.41) is 5.38. The van der Waals surface area contributed by atoms with Gasteiger partial charge in [0.2, 0.25) is 0 Å². The second kappa shape index (κ2) is 4.73. The number of rotatable bonds is 1. The smallest absolute Gasteiger partial charge is 0.328 e. The molecule has 0 atom stereocenters.